The van der Waals surface area contributed by atoms with Crippen molar-refractivity contribution < 1.29 is 4.79 Å². The first kappa shape index (κ1) is 13.0. The minimum Gasteiger partial charge on any atom is -0.360 e. The van der Waals surface area contributed by atoms with Crippen LogP contribution in [0.15, 0.2) is 6.20 Å². The molecule has 0 saturated carbocycles. The molecule has 0 unspecified atom stereocenters. The minimum atomic E-state index is -0.118. The second kappa shape index (κ2) is 6.50. The number of amides is 1. The van der Waals surface area contributed by atoms with E-state index in [1.54, 1.807) is 0 Å². The van der Waals surface area contributed by atoms with Crippen LogP contribution in [0.4, 0.5) is 5.82 Å². The largest absolute Gasteiger partial charge is 0.360 e. The molecule has 0 aliphatic carbocycles. The summed E-state index contributed by atoms with van der Waals surface area (Å²) in [5.74, 6) is 0.237. The minimum absolute atomic E-state index is 0.0841. The van der Waals surface area contributed by atoms with Gasteiger partial charge in [-0.2, -0.15) is 4.98 Å². The molecule has 0 spiro atoms. The van der Waals surface area contributed by atoms with Crippen molar-refractivity contribution in [1.29, 1.82) is 0 Å². The van der Waals surface area contributed by atoms with Gasteiger partial charge in [0.1, 0.15) is 10.8 Å². The van der Waals surface area contributed by atoms with Gasteiger partial charge < -0.3 is 10.6 Å². The quantitative estimate of drug-likeness (QED) is 0.794. The first-order valence-corrected chi connectivity index (χ1v) is 5.57. The molecule has 5 nitrogen and oxygen atoms in total. The average Bonchev–Trinajstić information content (AvgIpc) is 2.27. The highest BCUT2D eigenvalue weighted by Gasteiger charge is 2.05. The third-order valence-electron chi connectivity index (χ3n) is 1.70. The topological polar surface area (TPSA) is 66.9 Å². The van der Waals surface area contributed by atoms with Crippen molar-refractivity contribution in [3.8, 4) is 0 Å². The van der Waals surface area contributed by atoms with E-state index in [0.29, 0.717) is 17.4 Å². The molecule has 1 amide bonds. The number of aromatic nitrogens is 2. The van der Waals surface area contributed by atoms with Crippen molar-refractivity contribution in [2.45, 2.75) is 13.3 Å². The second-order valence-corrected chi connectivity index (χ2v) is 3.78. The molecule has 0 atom stereocenters. The highest BCUT2D eigenvalue weighted by atomic mass is 35.5. The van der Waals surface area contributed by atoms with Crippen LogP contribution in [0, 0.1) is 0 Å². The number of rotatable bonds is 5. The summed E-state index contributed by atoms with van der Waals surface area (Å²) in [6.07, 6.45) is 2.27. The molecule has 1 aromatic rings. The zero-order valence-corrected chi connectivity index (χ0v) is 10.3. The standard InChI is InChI=1S/C9H12Cl2N4O/c1-2-3-12-7(16)5-13-8-6(10)4-14-9(11)15-8/h4H,2-3,5H2,1H3,(H,12,16)(H,13,14,15). The van der Waals surface area contributed by atoms with Gasteiger partial charge in [0.25, 0.3) is 0 Å². The number of nitrogens with one attached hydrogen (secondary N) is 2. The number of carbonyl (C=O) groups is 1. The molecular formula is C9H12Cl2N4O. The van der Waals surface area contributed by atoms with Crippen LogP contribution in [0.5, 0.6) is 0 Å². The Morgan fingerprint density at radius 3 is 2.94 bits per heavy atom. The van der Waals surface area contributed by atoms with Gasteiger partial charge in [0.2, 0.25) is 11.2 Å². The van der Waals surface area contributed by atoms with Crippen molar-refractivity contribution in [1.82, 2.24) is 15.3 Å². The van der Waals surface area contributed by atoms with Crippen molar-refractivity contribution in [2.24, 2.45) is 0 Å². The normalized spacial score (nSPS) is 9.94. The summed E-state index contributed by atoms with van der Waals surface area (Å²) in [6, 6.07) is 0. The SMILES string of the molecule is CCCNC(=O)CNc1nc(Cl)ncc1Cl. The van der Waals surface area contributed by atoms with Gasteiger partial charge in [0.05, 0.1) is 12.7 Å². The predicted molar refractivity (Wildman–Crippen MR) is 63.8 cm³/mol. The van der Waals surface area contributed by atoms with Crippen molar-refractivity contribution >= 4 is 34.9 Å². The molecule has 1 aromatic heterocycles. The molecule has 0 aliphatic rings. The molecule has 0 fully saturated rings. The Bertz CT molecular complexity index is 373. The van der Waals surface area contributed by atoms with Gasteiger partial charge in [-0.05, 0) is 18.0 Å². The Kier molecular flexibility index (Phi) is 5.28. The highest BCUT2D eigenvalue weighted by Crippen LogP contribution is 2.18. The molecule has 16 heavy (non-hydrogen) atoms. The summed E-state index contributed by atoms with van der Waals surface area (Å²) in [7, 11) is 0. The van der Waals surface area contributed by atoms with Crippen LogP contribution in [0.25, 0.3) is 0 Å². The number of halogens is 2. The maximum atomic E-state index is 11.3. The van der Waals surface area contributed by atoms with E-state index in [-0.39, 0.29) is 17.7 Å². The van der Waals surface area contributed by atoms with Crippen LogP contribution in [0.1, 0.15) is 13.3 Å². The average molecular weight is 263 g/mol. The molecule has 2 N–H and O–H groups in total. The molecule has 0 bridgehead atoms. The van der Waals surface area contributed by atoms with Gasteiger partial charge >= 0.3 is 0 Å². The van der Waals surface area contributed by atoms with E-state index in [2.05, 4.69) is 20.6 Å². The van der Waals surface area contributed by atoms with Gasteiger partial charge in [-0.1, -0.05) is 18.5 Å². The third kappa shape index (κ3) is 4.20. The van der Waals surface area contributed by atoms with Crippen molar-refractivity contribution in [3.63, 3.8) is 0 Å². The molecule has 1 rings (SSSR count). The van der Waals surface area contributed by atoms with Crippen LogP contribution < -0.4 is 10.6 Å². The summed E-state index contributed by atoms with van der Waals surface area (Å²) >= 11 is 11.4. The fraction of sp³-hybridized carbons (Fsp3) is 0.444. The molecule has 0 saturated heterocycles. The van der Waals surface area contributed by atoms with Crippen LogP contribution in [0.2, 0.25) is 10.3 Å². The van der Waals surface area contributed by atoms with E-state index in [9.17, 15) is 4.79 Å². The van der Waals surface area contributed by atoms with Crippen molar-refractivity contribution in [3.05, 3.63) is 16.5 Å². The summed E-state index contributed by atoms with van der Waals surface area (Å²) in [4.78, 5) is 18.8. The molecule has 88 valence electrons. The second-order valence-electron chi connectivity index (χ2n) is 3.04. The van der Waals surface area contributed by atoms with Crippen LogP contribution >= 0.6 is 23.2 Å². The monoisotopic (exact) mass is 262 g/mol. The van der Waals surface area contributed by atoms with Gasteiger partial charge in [-0.3, -0.25) is 4.79 Å². The van der Waals surface area contributed by atoms with E-state index < -0.39 is 0 Å². The van der Waals surface area contributed by atoms with Gasteiger partial charge in [-0.25, -0.2) is 4.98 Å². The smallest absolute Gasteiger partial charge is 0.239 e. The Hall–Kier alpha value is -1.07. The number of hydrogen-bond acceptors (Lipinski definition) is 4. The zero-order valence-electron chi connectivity index (χ0n) is 8.76. The number of carbonyl (C=O) groups excluding carboxylic acids is 1. The van der Waals surface area contributed by atoms with Gasteiger partial charge in [-0.15, -0.1) is 0 Å². The van der Waals surface area contributed by atoms with E-state index in [4.69, 9.17) is 23.2 Å². The summed E-state index contributed by atoms with van der Waals surface area (Å²) in [6.45, 7) is 2.74. The van der Waals surface area contributed by atoms with E-state index in [0.717, 1.165) is 6.42 Å². The van der Waals surface area contributed by atoms with E-state index in [1.165, 1.54) is 6.20 Å². The number of nitrogens with zero attached hydrogens (tertiary/aromatic N) is 2. The first-order chi connectivity index (χ1) is 7.63. The van der Waals surface area contributed by atoms with Crippen LogP contribution in [-0.2, 0) is 4.79 Å². The predicted octanol–water partition coefficient (Wildman–Crippen LogP) is 1.72. The van der Waals surface area contributed by atoms with E-state index >= 15 is 0 Å². The van der Waals surface area contributed by atoms with Crippen LogP contribution in [0.3, 0.4) is 0 Å². The number of anilines is 1. The maximum Gasteiger partial charge on any atom is 0.239 e. The molecule has 0 aliphatic heterocycles. The lowest BCUT2D eigenvalue weighted by Gasteiger charge is -2.07. The molecular weight excluding hydrogens is 251 g/mol. The first-order valence-electron chi connectivity index (χ1n) is 4.82. The molecule has 7 heteroatoms. The molecule has 0 aromatic carbocycles. The summed E-state index contributed by atoms with van der Waals surface area (Å²) in [5.41, 5.74) is 0. The molecule has 1 heterocycles. The number of hydrogen-bond donors (Lipinski definition) is 2. The lowest BCUT2D eigenvalue weighted by Crippen LogP contribution is -2.30. The Morgan fingerprint density at radius 1 is 1.50 bits per heavy atom. The fourth-order valence-electron chi connectivity index (χ4n) is 0.960. The fourth-order valence-corrected chi connectivity index (χ4v) is 1.25. The highest BCUT2D eigenvalue weighted by molar-refractivity contribution is 6.33. The Morgan fingerprint density at radius 2 is 2.25 bits per heavy atom. The lowest BCUT2D eigenvalue weighted by molar-refractivity contribution is -0.119. The van der Waals surface area contributed by atoms with Crippen molar-refractivity contribution in [2.75, 3.05) is 18.4 Å². The maximum absolute atomic E-state index is 11.3. The molecule has 0 radical (unpaired) electrons. The Labute approximate surface area is 104 Å². The van der Waals surface area contributed by atoms with E-state index in [1.807, 2.05) is 6.92 Å². The third-order valence-corrected chi connectivity index (χ3v) is 2.16. The summed E-state index contributed by atoms with van der Waals surface area (Å²) < 4.78 is 0. The lowest BCUT2D eigenvalue weighted by atomic mass is 10.4. The zero-order chi connectivity index (χ0) is 12.0. The van der Waals surface area contributed by atoms with Gasteiger partial charge in [0, 0.05) is 6.54 Å². The van der Waals surface area contributed by atoms with Crippen LogP contribution in [-0.4, -0.2) is 29.0 Å². The van der Waals surface area contributed by atoms with Gasteiger partial charge in [0.15, 0.2) is 0 Å². The Balaban J connectivity index is 2.47. The summed E-state index contributed by atoms with van der Waals surface area (Å²) in [5, 5.41) is 5.91.